The zero-order chi connectivity index (χ0) is 11.0. The minimum absolute atomic E-state index is 0.244. The van der Waals surface area contributed by atoms with E-state index in [4.69, 9.17) is 5.73 Å². The predicted octanol–water partition coefficient (Wildman–Crippen LogP) is 1.87. The highest BCUT2D eigenvalue weighted by atomic mass is 31.0. The molecule has 1 aliphatic carbocycles. The van der Waals surface area contributed by atoms with Crippen LogP contribution in [0.3, 0.4) is 0 Å². The summed E-state index contributed by atoms with van der Waals surface area (Å²) in [5.41, 5.74) is 11.9. The molecular formula is C11H19N2P. The van der Waals surface area contributed by atoms with E-state index in [2.05, 4.69) is 34.6 Å². The fourth-order valence-corrected chi connectivity index (χ4v) is 2.45. The highest BCUT2D eigenvalue weighted by Gasteiger charge is 2.25. The van der Waals surface area contributed by atoms with Gasteiger partial charge in [-0.3, -0.25) is 0 Å². The van der Waals surface area contributed by atoms with Crippen LogP contribution in [0.15, 0.2) is 34.7 Å². The largest absolute Gasteiger partial charge is 0.397 e. The van der Waals surface area contributed by atoms with Gasteiger partial charge in [0.05, 0.1) is 5.70 Å². The predicted molar refractivity (Wildman–Crippen MR) is 65.9 cm³/mol. The van der Waals surface area contributed by atoms with E-state index in [1.54, 1.807) is 0 Å². The van der Waals surface area contributed by atoms with Gasteiger partial charge in [0.2, 0.25) is 0 Å². The number of allylic oxidation sites excluding steroid dienone is 3. The second-order valence-corrected chi connectivity index (χ2v) is 4.61. The van der Waals surface area contributed by atoms with E-state index in [0.29, 0.717) is 0 Å². The van der Waals surface area contributed by atoms with E-state index in [-0.39, 0.29) is 5.66 Å². The molecule has 3 heteroatoms. The molecule has 0 amide bonds. The summed E-state index contributed by atoms with van der Waals surface area (Å²) in [5, 5.41) is 0. The zero-order valence-corrected chi connectivity index (χ0v) is 10.5. The highest BCUT2D eigenvalue weighted by Crippen LogP contribution is 2.36. The molecule has 0 radical (unpaired) electrons. The first-order chi connectivity index (χ1) is 6.37. The minimum atomic E-state index is 0.244. The molecule has 1 rings (SSSR count). The van der Waals surface area contributed by atoms with Crippen molar-refractivity contribution in [3.8, 4) is 0 Å². The SMILES string of the molecule is C=C1C(C)=C(C)C(N)=C(N(C)C)C1P. The van der Waals surface area contributed by atoms with Gasteiger partial charge < -0.3 is 10.6 Å². The van der Waals surface area contributed by atoms with E-state index >= 15 is 0 Å². The van der Waals surface area contributed by atoms with Gasteiger partial charge in [-0.2, -0.15) is 0 Å². The Kier molecular flexibility index (Phi) is 3.06. The van der Waals surface area contributed by atoms with Crippen molar-refractivity contribution < 1.29 is 0 Å². The molecule has 0 aromatic heterocycles. The molecule has 1 aliphatic rings. The quantitative estimate of drug-likeness (QED) is 0.669. The van der Waals surface area contributed by atoms with E-state index in [1.165, 1.54) is 5.57 Å². The maximum Gasteiger partial charge on any atom is 0.0551 e. The second kappa shape index (κ2) is 3.78. The Morgan fingerprint density at radius 1 is 1.29 bits per heavy atom. The van der Waals surface area contributed by atoms with Crippen molar-refractivity contribution >= 4 is 9.24 Å². The van der Waals surface area contributed by atoms with Gasteiger partial charge in [-0.15, -0.1) is 9.24 Å². The van der Waals surface area contributed by atoms with Gasteiger partial charge in [0.1, 0.15) is 0 Å². The molecule has 0 fully saturated rings. The number of rotatable bonds is 1. The van der Waals surface area contributed by atoms with Crippen molar-refractivity contribution in [1.82, 2.24) is 4.90 Å². The highest BCUT2D eigenvalue weighted by molar-refractivity contribution is 7.18. The van der Waals surface area contributed by atoms with Crippen LogP contribution in [-0.2, 0) is 0 Å². The average molecular weight is 210 g/mol. The Hall–Kier alpha value is -0.750. The third-order valence-corrected chi connectivity index (χ3v) is 3.59. The van der Waals surface area contributed by atoms with Gasteiger partial charge in [-0.05, 0) is 30.6 Å². The summed E-state index contributed by atoms with van der Waals surface area (Å²) in [5.74, 6) is 0. The van der Waals surface area contributed by atoms with Crippen molar-refractivity contribution in [2.24, 2.45) is 5.73 Å². The van der Waals surface area contributed by atoms with Crippen LogP contribution < -0.4 is 5.73 Å². The first-order valence-electron chi connectivity index (χ1n) is 4.67. The molecule has 0 spiro atoms. The molecule has 0 saturated heterocycles. The van der Waals surface area contributed by atoms with Crippen molar-refractivity contribution in [1.29, 1.82) is 0 Å². The molecule has 0 aromatic rings. The maximum atomic E-state index is 6.09. The van der Waals surface area contributed by atoms with E-state index in [1.807, 2.05) is 14.1 Å². The van der Waals surface area contributed by atoms with E-state index < -0.39 is 0 Å². The lowest BCUT2D eigenvalue weighted by molar-refractivity contribution is 0.492. The maximum absolute atomic E-state index is 6.09. The molecular weight excluding hydrogens is 191 g/mol. The fourth-order valence-electron chi connectivity index (χ4n) is 1.72. The standard InChI is InChI=1S/C11H19N2P/c1-6-7(2)9(12)10(13(4)5)11(14)8(6)3/h11H,3,12,14H2,1-2,4-5H3. The number of hydrogen-bond acceptors (Lipinski definition) is 2. The molecule has 2 unspecified atom stereocenters. The van der Waals surface area contributed by atoms with Gasteiger partial charge in [0.15, 0.2) is 0 Å². The summed E-state index contributed by atoms with van der Waals surface area (Å²) in [4.78, 5) is 2.06. The van der Waals surface area contributed by atoms with Crippen molar-refractivity contribution in [2.45, 2.75) is 19.5 Å². The summed E-state index contributed by atoms with van der Waals surface area (Å²) in [6.07, 6.45) is 0. The van der Waals surface area contributed by atoms with Crippen molar-refractivity contribution in [3.05, 3.63) is 34.7 Å². The Morgan fingerprint density at radius 2 is 1.79 bits per heavy atom. The summed E-state index contributed by atoms with van der Waals surface area (Å²) in [7, 11) is 6.83. The lowest BCUT2D eigenvalue weighted by Gasteiger charge is -2.32. The number of nitrogens with two attached hydrogens (primary N) is 1. The van der Waals surface area contributed by atoms with Crippen LogP contribution in [0.2, 0.25) is 0 Å². The molecule has 78 valence electrons. The third kappa shape index (κ3) is 1.59. The molecule has 0 aliphatic heterocycles. The summed E-state index contributed by atoms with van der Waals surface area (Å²) >= 11 is 0. The number of hydrogen-bond donors (Lipinski definition) is 1. The Balaban J connectivity index is 3.32. The molecule has 2 atom stereocenters. The van der Waals surface area contributed by atoms with Gasteiger partial charge in [0.25, 0.3) is 0 Å². The Bertz CT molecular complexity index is 337. The molecule has 0 heterocycles. The second-order valence-electron chi connectivity index (χ2n) is 3.95. The van der Waals surface area contributed by atoms with Crippen LogP contribution in [0.5, 0.6) is 0 Å². The fraction of sp³-hybridized carbons (Fsp3) is 0.455. The van der Waals surface area contributed by atoms with Crippen molar-refractivity contribution in [2.75, 3.05) is 14.1 Å². The van der Waals surface area contributed by atoms with Crippen molar-refractivity contribution in [3.63, 3.8) is 0 Å². The smallest absolute Gasteiger partial charge is 0.0551 e. The Morgan fingerprint density at radius 3 is 2.21 bits per heavy atom. The van der Waals surface area contributed by atoms with Crippen LogP contribution in [0, 0.1) is 0 Å². The van der Waals surface area contributed by atoms with Crippen LogP contribution in [0.1, 0.15) is 13.8 Å². The van der Waals surface area contributed by atoms with E-state index in [0.717, 1.165) is 22.5 Å². The minimum Gasteiger partial charge on any atom is -0.397 e. The van der Waals surface area contributed by atoms with Gasteiger partial charge in [0, 0.05) is 25.5 Å². The molecule has 2 nitrogen and oxygen atoms in total. The van der Waals surface area contributed by atoms with Gasteiger partial charge in [-0.1, -0.05) is 6.58 Å². The van der Waals surface area contributed by atoms with Gasteiger partial charge >= 0.3 is 0 Å². The molecule has 0 saturated carbocycles. The molecule has 0 bridgehead atoms. The van der Waals surface area contributed by atoms with E-state index in [9.17, 15) is 0 Å². The molecule has 0 aromatic carbocycles. The first-order valence-corrected chi connectivity index (χ1v) is 5.34. The Labute approximate surface area is 88.7 Å². The average Bonchev–Trinajstić information content (AvgIpc) is 2.11. The zero-order valence-electron chi connectivity index (χ0n) is 9.39. The molecule has 2 N–H and O–H groups in total. The topological polar surface area (TPSA) is 29.3 Å². The summed E-state index contributed by atoms with van der Waals surface area (Å²) in [6, 6.07) is 0. The van der Waals surface area contributed by atoms with Crippen LogP contribution in [0.25, 0.3) is 0 Å². The third-order valence-electron chi connectivity index (χ3n) is 2.88. The lowest BCUT2D eigenvalue weighted by atomic mass is 9.90. The normalized spacial score (nSPS) is 23.2. The monoisotopic (exact) mass is 210 g/mol. The van der Waals surface area contributed by atoms with Gasteiger partial charge in [-0.25, -0.2) is 0 Å². The van der Waals surface area contributed by atoms with Crippen LogP contribution in [0.4, 0.5) is 0 Å². The summed E-state index contributed by atoms with van der Waals surface area (Å²) < 4.78 is 0. The molecule has 14 heavy (non-hydrogen) atoms. The van der Waals surface area contributed by atoms with Crippen LogP contribution >= 0.6 is 9.24 Å². The summed E-state index contributed by atoms with van der Waals surface area (Å²) in [6.45, 7) is 8.23. The van der Waals surface area contributed by atoms with Crippen LogP contribution in [-0.4, -0.2) is 24.7 Å². The number of nitrogens with zero attached hydrogens (tertiary/aromatic N) is 1. The lowest BCUT2D eigenvalue weighted by Crippen LogP contribution is -2.29. The first kappa shape index (κ1) is 11.3.